The summed E-state index contributed by atoms with van der Waals surface area (Å²) in [5, 5.41) is 9.42. The molecule has 2 rings (SSSR count). The quantitative estimate of drug-likeness (QED) is 0.332. The molecule has 160 valence electrons. The van der Waals surface area contributed by atoms with E-state index in [0.29, 0.717) is 34.8 Å². The Bertz CT molecular complexity index is 895. The Hall–Kier alpha value is -3.11. The van der Waals surface area contributed by atoms with Gasteiger partial charge in [0.25, 0.3) is 11.8 Å². The van der Waals surface area contributed by atoms with Crippen LogP contribution in [0.4, 0.5) is 0 Å². The molecule has 0 aliphatic carbocycles. The second-order valence-corrected chi connectivity index (χ2v) is 6.89. The minimum atomic E-state index is -0.595. The maximum atomic E-state index is 12.9. The highest BCUT2D eigenvalue weighted by Crippen LogP contribution is 2.31. The van der Waals surface area contributed by atoms with Crippen LogP contribution in [0.2, 0.25) is 0 Å². The molecule has 1 aliphatic rings. The van der Waals surface area contributed by atoms with Gasteiger partial charge in [-0.2, -0.15) is 5.26 Å². The van der Waals surface area contributed by atoms with Crippen LogP contribution in [-0.2, 0) is 14.3 Å². The predicted octanol–water partition coefficient (Wildman–Crippen LogP) is 3.50. The summed E-state index contributed by atoms with van der Waals surface area (Å²) in [6.45, 7) is 4.62. The van der Waals surface area contributed by atoms with E-state index in [1.165, 1.54) is 7.11 Å². The molecule has 1 heterocycles. The summed E-state index contributed by atoms with van der Waals surface area (Å²) >= 11 is 0. The van der Waals surface area contributed by atoms with E-state index in [0.717, 1.165) is 24.2 Å². The monoisotopic (exact) mass is 412 g/mol. The molecule has 0 bridgehead atoms. The highest BCUT2D eigenvalue weighted by Gasteiger charge is 2.35. The van der Waals surface area contributed by atoms with Crippen LogP contribution in [-0.4, -0.2) is 50.7 Å². The van der Waals surface area contributed by atoms with E-state index in [9.17, 15) is 14.9 Å². The lowest BCUT2D eigenvalue weighted by Gasteiger charge is -2.27. The van der Waals surface area contributed by atoms with Gasteiger partial charge in [-0.1, -0.05) is 25.8 Å². The maximum absolute atomic E-state index is 12.9. The number of hydrogen-bond acceptors (Lipinski definition) is 6. The Morgan fingerprint density at radius 3 is 2.50 bits per heavy atom. The van der Waals surface area contributed by atoms with E-state index in [-0.39, 0.29) is 18.7 Å². The first-order chi connectivity index (χ1) is 14.5. The molecule has 0 aromatic heterocycles. The number of unbranched alkanes of at least 4 members (excludes halogenated alkanes) is 2. The van der Waals surface area contributed by atoms with Crippen molar-refractivity contribution >= 4 is 17.9 Å². The number of nitrogens with zero attached hydrogens (tertiary/aromatic N) is 2. The molecule has 0 atom stereocenters. The normalized spacial score (nSPS) is 15.6. The van der Waals surface area contributed by atoms with E-state index >= 15 is 0 Å². The van der Waals surface area contributed by atoms with E-state index in [2.05, 4.69) is 6.92 Å². The van der Waals surface area contributed by atoms with Crippen LogP contribution in [0.25, 0.3) is 6.08 Å². The van der Waals surface area contributed by atoms with Gasteiger partial charge >= 0.3 is 0 Å². The number of ether oxygens (including phenoxy) is 3. The highest BCUT2D eigenvalue weighted by molar-refractivity contribution is 6.19. The van der Waals surface area contributed by atoms with Crippen molar-refractivity contribution in [2.45, 2.75) is 33.1 Å². The van der Waals surface area contributed by atoms with Crippen LogP contribution in [0.5, 0.6) is 11.5 Å². The molecule has 7 heteroatoms. The Morgan fingerprint density at radius 1 is 1.10 bits per heavy atom. The third-order valence-electron chi connectivity index (χ3n) is 4.85. The summed E-state index contributed by atoms with van der Waals surface area (Å²) in [7, 11) is 3.04. The van der Waals surface area contributed by atoms with Crippen molar-refractivity contribution in [1.29, 1.82) is 5.26 Å². The minimum Gasteiger partial charge on any atom is -0.493 e. The van der Waals surface area contributed by atoms with Gasteiger partial charge < -0.3 is 14.2 Å². The second-order valence-electron chi connectivity index (χ2n) is 6.89. The Balaban J connectivity index is 2.37. The van der Waals surface area contributed by atoms with Crippen molar-refractivity contribution in [2.75, 3.05) is 34.0 Å². The first-order valence-corrected chi connectivity index (χ1v) is 9.97. The van der Waals surface area contributed by atoms with E-state index < -0.39 is 11.8 Å². The molecule has 0 unspecified atom stereocenters. The number of imide groups is 1. The zero-order valence-corrected chi connectivity index (χ0v) is 18.0. The van der Waals surface area contributed by atoms with Gasteiger partial charge in [-0.3, -0.25) is 14.5 Å². The summed E-state index contributed by atoms with van der Waals surface area (Å²) in [6, 6.07) is 7.30. The van der Waals surface area contributed by atoms with Gasteiger partial charge in [0.15, 0.2) is 11.5 Å². The zero-order valence-electron chi connectivity index (χ0n) is 18.0. The molecule has 0 saturated carbocycles. The lowest BCUT2D eigenvalue weighted by molar-refractivity contribution is -0.141. The molecule has 2 amide bonds. The Kier molecular flexibility index (Phi) is 8.63. The van der Waals surface area contributed by atoms with Crippen LogP contribution in [0.3, 0.4) is 0 Å². The molecule has 0 spiro atoms. The number of methoxy groups -OCH3 is 2. The van der Waals surface area contributed by atoms with Crippen LogP contribution < -0.4 is 9.47 Å². The fourth-order valence-corrected chi connectivity index (χ4v) is 3.11. The molecule has 0 saturated heterocycles. The number of carbonyl (C=O) groups is 2. The predicted molar refractivity (Wildman–Crippen MR) is 113 cm³/mol. The fourth-order valence-electron chi connectivity index (χ4n) is 3.11. The molecule has 7 nitrogen and oxygen atoms in total. The van der Waals surface area contributed by atoms with Gasteiger partial charge in [-0.15, -0.1) is 0 Å². The van der Waals surface area contributed by atoms with Crippen LogP contribution in [0.1, 0.15) is 38.7 Å². The fraction of sp³-hybridized carbons (Fsp3) is 0.435. The van der Waals surface area contributed by atoms with Crippen molar-refractivity contribution < 1.29 is 23.8 Å². The molecule has 1 aromatic carbocycles. The minimum absolute atomic E-state index is 0.0419. The molecule has 30 heavy (non-hydrogen) atoms. The van der Waals surface area contributed by atoms with E-state index in [1.807, 2.05) is 12.1 Å². The number of amides is 2. The molecule has 0 N–H and O–H groups in total. The Labute approximate surface area is 177 Å². The highest BCUT2D eigenvalue weighted by atomic mass is 16.5. The maximum Gasteiger partial charge on any atom is 0.271 e. The third-order valence-corrected chi connectivity index (χ3v) is 4.85. The lowest BCUT2D eigenvalue weighted by Crippen LogP contribution is -2.44. The second kappa shape index (κ2) is 11.2. The summed E-state index contributed by atoms with van der Waals surface area (Å²) in [4.78, 5) is 26.4. The van der Waals surface area contributed by atoms with Gasteiger partial charge in [-0.05, 0) is 42.7 Å². The number of nitriles is 1. The summed E-state index contributed by atoms with van der Waals surface area (Å²) < 4.78 is 16.2. The van der Waals surface area contributed by atoms with Gasteiger partial charge in [0.1, 0.15) is 11.6 Å². The summed E-state index contributed by atoms with van der Waals surface area (Å²) in [5.74, 6) is 0.140. The molecular weight excluding hydrogens is 384 g/mol. The van der Waals surface area contributed by atoms with E-state index in [1.54, 1.807) is 32.2 Å². The molecule has 0 fully saturated rings. The topological polar surface area (TPSA) is 88.9 Å². The smallest absolute Gasteiger partial charge is 0.271 e. The van der Waals surface area contributed by atoms with Crippen molar-refractivity contribution in [3.8, 4) is 17.6 Å². The average Bonchev–Trinajstić information content (AvgIpc) is 2.75. The summed E-state index contributed by atoms with van der Waals surface area (Å²) in [6.07, 6.45) is 4.83. The number of hydrogen-bond donors (Lipinski definition) is 0. The molecule has 1 aliphatic heterocycles. The number of carbonyl (C=O) groups excluding carboxylic acids is 2. The van der Waals surface area contributed by atoms with Gasteiger partial charge in [0.2, 0.25) is 0 Å². The third kappa shape index (κ3) is 5.28. The molecule has 0 radical (unpaired) electrons. The van der Waals surface area contributed by atoms with Crippen molar-refractivity contribution in [2.24, 2.45) is 0 Å². The Morgan fingerprint density at radius 2 is 1.87 bits per heavy atom. The average molecular weight is 412 g/mol. The van der Waals surface area contributed by atoms with Crippen molar-refractivity contribution in [3.05, 3.63) is 40.5 Å². The van der Waals surface area contributed by atoms with Crippen LogP contribution in [0, 0.1) is 11.3 Å². The SMILES string of the molecule is CCCCCOc1ccc(/C=C2/C(=O)N(CCOC)C(=O)C(C#N)=C2C)cc1OC. The van der Waals surface area contributed by atoms with Gasteiger partial charge in [-0.25, -0.2) is 0 Å². The standard InChI is InChI=1S/C23H28N2O5/c1-5-6-7-11-30-20-9-8-17(14-21(20)29-4)13-18-16(2)19(15-24)23(27)25(22(18)26)10-12-28-3/h8-9,13-14H,5-7,10-12H2,1-4H3/b18-13+. The van der Waals surface area contributed by atoms with Gasteiger partial charge in [0, 0.05) is 12.7 Å². The van der Waals surface area contributed by atoms with Crippen LogP contribution in [0.15, 0.2) is 34.9 Å². The van der Waals surface area contributed by atoms with Crippen LogP contribution >= 0.6 is 0 Å². The van der Waals surface area contributed by atoms with Crippen molar-refractivity contribution in [1.82, 2.24) is 4.90 Å². The van der Waals surface area contributed by atoms with Crippen molar-refractivity contribution in [3.63, 3.8) is 0 Å². The largest absolute Gasteiger partial charge is 0.493 e. The first-order valence-electron chi connectivity index (χ1n) is 9.97. The molecular formula is C23H28N2O5. The summed E-state index contributed by atoms with van der Waals surface area (Å²) in [5.41, 5.74) is 1.31. The zero-order chi connectivity index (χ0) is 22.1. The molecule has 1 aromatic rings. The first kappa shape index (κ1) is 23.2. The van der Waals surface area contributed by atoms with E-state index in [4.69, 9.17) is 14.2 Å². The number of benzene rings is 1. The lowest BCUT2D eigenvalue weighted by atomic mass is 9.93. The van der Waals surface area contributed by atoms with Gasteiger partial charge in [0.05, 0.1) is 26.9 Å². The number of rotatable bonds is 10.